The van der Waals surface area contributed by atoms with E-state index in [1.165, 1.54) is 18.6 Å². The molecule has 0 bridgehead atoms. The molecule has 1 aromatic carbocycles. The Labute approximate surface area is 161 Å². The second-order valence-electron chi connectivity index (χ2n) is 5.80. The topological polar surface area (TPSA) is 9.23 Å². The van der Waals surface area contributed by atoms with E-state index in [-0.39, 0.29) is 57.5 Å². The maximum absolute atomic E-state index is 12.5. The van der Waals surface area contributed by atoms with Crippen LogP contribution in [0.1, 0.15) is 33.1 Å². The number of benzene rings is 1. The van der Waals surface area contributed by atoms with Crippen molar-refractivity contribution in [3.63, 3.8) is 0 Å². The van der Waals surface area contributed by atoms with Gasteiger partial charge in [0, 0.05) is 0 Å². The van der Waals surface area contributed by atoms with E-state index in [4.69, 9.17) is 4.74 Å². The molecule has 2 rings (SSSR count). The number of hydrogen-bond donors (Lipinski definition) is 0. The van der Waals surface area contributed by atoms with Crippen LogP contribution in [0.15, 0.2) is 24.3 Å². The summed E-state index contributed by atoms with van der Waals surface area (Å²) < 4.78 is 43.3. The fourth-order valence-electron chi connectivity index (χ4n) is 2.93. The van der Waals surface area contributed by atoms with E-state index >= 15 is 0 Å². The van der Waals surface area contributed by atoms with Crippen LogP contribution in [0.5, 0.6) is 5.75 Å². The van der Waals surface area contributed by atoms with E-state index in [2.05, 4.69) is 13.8 Å². The Morgan fingerprint density at radius 1 is 0.950 bits per heavy atom. The van der Waals surface area contributed by atoms with E-state index in [0.29, 0.717) is 17.6 Å². The normalized spacial score (nSPS) is 26.8. The van der Waals surface area contributed by atoms with Gasteiger partial charge < -0.3 is 17.7 Å². The van der Waals surface area contributed by atoms with Crippen molar-refractivity contribution in [2.75, 3.05) is 0 Å². The van der Waals surface area contributed by atoms with Crippen LogP contribution in [0.25, 0.3) is 0 Å². The van der Waals surface area contributed by atoms with Gasteiger partial charge in [0.15, 0.2) is 0 Å². The molecule has 1 aliphatic rings. The third-order valence-electron chi connectivity index (χ3n) is 3.70. The monoisotopic (exact) mass is 310 g/mol. The molecule has 106 valence electrons. The Bertz CT molecular complexity index is 411. The van der Waals surface area contributed by atoms with Crippen LogP contribution in [-0.2, 0) is 0 Å². The Morgan fingerprint density at radius 3 is 1.90 bits per heavy atom. The zero-order valence-corrected chi connectivity index (χ0v) is 15.4. The minimum Gasteiger partial charge on any atom is -0.490 e. The van der Waals surface area contributed by atoms with Crippen LogP contribution in [-0.4, -0.2) is 13.1 Å². The zero-order chi connectivity index (χ0) is 14.0. The van der Waals surface area contributed by atoms with Crippen LogP contribution in [0.3, 0.4) is 0 Å². The Kier molecular flexibility index (Phi) is 7.12. The summed E-state index contributed by atoms with van der Waals surface area (Å²) in [7, 11) is 0. The molecule has 0 amide bonds. The van der Waals surface area contributed by atoms with Gasteiger partial charge in [-0.05, 0) is 43.2 Å². The first-order valence-electron chi connectivity index (χ1n) is 6.81. The zero-order valence-electron chi connectivity index (χ0n) is 12.3. The van der Waals surface area contributed by atoms with Gasteiger partial charge in [-0.3, -0.25) is 0 Å². The quantitative estimate of drug-likeness (QED) is 0.756. The Morgan fingerprint density at radius 2 is 1.45 bits per heavy atom. The van der Waals surface area contributed by atoms with Crippen LogP contribution >= 0.6 is 0 Å². The third kappa shape index (κ3) is 5.37. The van der Waals surface area contributed by atoms with Crippen molar-refractivity contribution in [3.05, 3.63) is 24.3 Å². The number of rotatable bonds is 3. The minimum absolute atomic E-state index is 0. The molecule has 20 heavy (non-hydrogen) atoms. The predicted octanol–water partition coefficient (Wildman–Crippen LogP) is 0.948. The van der Waals surface area contributed by atoms with E-state index in [9.17, 15) is 12.9 Å². The molecule has 1 aliphatic carbocycles. The average Bonchev–Trinajstić information content (AvgIpc) is 2.26. The number of ether oxygens (including phenoxy) is 1. The summed E-state index contributed by atoms with van der Waals surface area (Å²) in [6, 6.07) is 5.05. The largest absolute Gasteiger partial charge is 1.00 e. The first-order chi connectivity index (χ1) is 8.84. The van der Waals surface area contributed by atoms with Crippen molar-refractivity contribution >= 4 is 12.4 Å². The molecule has 1 saturated carbocycles. The molecule has 0 N–H and O–H groups in total. The van der Waals surface area contributed by atoms with E-state index in [1.807, 2.05) is 0 Å². The molecular formula is C14H19BF3KO. The first kappa shape index (κ1) is 18.6. The summed E-state index contributed by atoms with van der Waals surface area (Å²) in [6.07, 6.45) is 3.29. The Hall–Kier alpha value is 0.511. The van der Waals surface area contributed by atoms with Gasteiger partial charge in [0.05, 0.1) is 6.10 Å². The molecule has 0 saturated heterocycles. The molecule has 6 heteroatoms. The fraction of sp³-hybridized carbons (Fsp3) is 0.571. The van der Waals surface area contributed by atoms with Gasteiger partial charge in [0.1, 0.15) is 5.75 Å². The smallest absolute Gasteiger partial charge is 0.490 e. The van der Waals surface area contributed by atoms with Gasteiger partial charge in [-0.1, -0.05) is 26.0 Å². The molecule has 1 nitrogen and oxygen atoms in total. The van der Waals surface area contributed by atoms with Crippen LogP contribution in [0.4, 0.5) is 12.9 Å². The second kappa shape index (κ2) is 7.68. The van der Waals surface area contributed by atoms with Crippen molar-refractivity contribution in [2.45, 2.75) is 39.2 Å². The minimum atomic E-state index is -4.92. The van der Waals surface area contributed by atoms with Gasteiger partial charge >= 0.3 is 58.4 Å². The maximum atomic E-state index is 12.5. The van der Waals surface area contributed by atoms with E-state index in [0.717, 1.165) is 25.0 Å². The van der Waals surface area contributed by atoms with Gasteiger partial charge in [0.25, 0.3) is 0 Å². The average molecular weight is 310 g/mol. The SMILES string of the molecule is CC1CC(C)CC(Oc2ccc([B-](F)(F)F)cc2)C1.[K+]. The van der Waals surface area contributed by atoms with Crippen LogP contribution in [0.2, 0.25) is 0 Å². The fourth-order valence-corrected chi connectivity index (χ4v) is 2.93. The van der Waals surface area contributed by atoms with Crippen molar-refractivity contribution in [3.8, 4) is 5.75 Å². The molecule has 0 radical (unpaired) electrons. The molecule has 2 atom stereocenters. The number of halogens is 3. The summed E-state index contributed by atoms with van der Waals surface area (Å²) in [4.78, 5) is 0. The van der Waals surface area contributed by atoms with Crippen LogP contribution in [0, 0.1) is 11.8 Å². The summed E-state index contributed by atoms with van der Waals surface area (Å²) in [5.74, 6) is 1.77. The predicted molar refractivity (Wildman–Crippen MR) is 71.7 cm³/mol. The van der Waals surface area contributed by atoms with Gasteiger partial charge in [0.2, 0.25) is 0 Å². The van der Waals surface area contributed by atoms with E-state index < -0.39 is 12.4 Å². The molecular weight excluding hydrogens is 291 g/mol. The van der Waals surface area contributed by atoms with E-state index in [1.54, 1.807) is 0 Å². The first-order valence-corrected chi connectivity index (χ1v) is 6.81. The van der Waals surface area contributed by atoms with Crippen molar-refractivity contribution in [2.24, 2.45) is 11.8 Å². The van der Waals surface area contributed by atoms with Gasteiger partial charge in [-0.2, -0.15) is 0 Å². The summed E-state index contributed by atoms with van der Waals surface area (Å²) >= 11 is 0. The third-order valence-corrected chi connectivity index (χ3v) is 3.70. The Balaban J connectivity index is 0.00000200. The maximum Gasteiger partial charge on any atom is 1.00 e. The molecule has 0 aliphatic heterocycles. The number of hydrogen-bond acceptors (Lipinski definition) is 1. The second-order valence-corrected chi connectivity index (χ2v) is 5.80. The standard InChI is InChI=1S/C14H19BF3O.K/c1-10-7-11(2)9-14(8-10)19-13-5-3-12(4-6-13)15(16,17)18;/h3-6,10-11,14H,7-9H2,1-2H3;/q-1;+1. The molecule has 1 aromatic rings. The van der Waals surface area contributed by atoms with Crippen molar-refractivity contribution in [1.29, 1.82) is 0 Å². The molecule has 2 unspecified atom stereocenters. The summed E-state index contributed by atoms with van der Waals surface area (Å²) in [6.45, 7) is -0.524. The molecule has 0 spiro atoms. The molecule has 1 fully saturated rings. The van der Waals surface area contributed by atoms with Gasteiger partial charge in [-0.15, -0.1) is 5.46 Å². The molecule has 0 aromatic heterocycles. The van der Waals surface area contributed by atoms with Gasteiger partial charge in [-0.25, -0.2) is 0 Å². The summed E-state index contributed by atoms with van der Waals surface area (Å²) in [5.41, 5.74) is -0.572. The summed E-state index contributed by atoms with van der Waals surface area (Å²) in [5, 5.41) is 0. The van der Waals surface area contributed by atoms with Crippen molar-refractivity contribution in [1.82, 2.24) is 0 Å². The molecule has 0 heterocycles. The van der Waals surface area contributed by atoms with Crippen molar-refractivity contribution < 1.29 is 69.1 Å². The van der Waals surface area contributed by atoms with Crippen LogP contribution < -0.4 is 61.6 Å².